The van der Waals surface area contributed by atoms with Gasteiger partial charge in [0, 0.05) is 6.54 Å². The van der Waals surface area contributed by atoms with Crippen LogP contribution < -0.4 is 34.9 Å². The van der Waals surface area contributed by atoms with E-state index >= 15 is 0 Å². The molecule has 2 aliphatic heterocycles. The molecule has 3 heterocycles. The molecule has 0 spiro atoms. The molecule has 15 heteroatoms. The summed E-state index contributed by atoms with van der Waals surface area (Å²) in [6.45, 7) is 6.01. The first kappa shape index (κ1) is 24.8. The van der Waals surface area contributed by atoms with Crippen LogP contribution in [0, 0.1) is 0 Å². The molecule has 2 fully saturated rings. The fourth-order valence-electron chi connectivity index (χ4n) is 3.30. The summed E-state index contributed by atoms with van der Waals surface area (Å²) in [7, 11) is -5.02. The Morgan fingerprint density at radius 3 is 2.70 bits per heavy atom. The van der Waals surface area contributed by atoms with Crippen molar-refractivity contribution in [2.45, 2.75) is 64.4 Å². The first-order chi connectivity index (χ1) is 13.4. The Balaban J connectivity index is 0.00000320. The van der Waals surface area contributed by atoms with Gasteiger partial charge in [-0.3, -0.25) is 4.68 Å². The van der Waals surface area contributed by atoms with Gasteiger partial charge in [0.15, 0.2) is 0 Å². The molecule has 2 bridgehead atoms. The molecule has 162 valence electrons. The van der Waals surface area contributed by atoms with Crippen molar-refractivity contribution in [1.29, 1.82) is 0 Å². The number of rotatable bonds is 6. The number of nitrogens with zero attached hydrogens (tertiary/aromatic N) is 5. The summed E-state index contributed by atoms with van der Waals surface area (Å²) in [6.07, 6.45) is 2.15. The number of carbonyl (C=O) groups is 2. The van der Waals surface area contributed by atoms with Crippen LogP contribution in [0.3, 0.4) is 0 Å². The summed E-state index contributed by atoms with van der Waals surface area (Å²) in [5, 5.41) is 11.2. The zero-order valence-corrected chi connectivity index (χ0v) is 20.1. The monoisotopic (exact) mass is 454 g/mol. The van der Waals surface area contributed by atoms with Crippen molar-refractivity contribution in [2.24, 2.45) is 0 Å². The number of ether oxygens (including phenoxy) is 1. The third kappa shape index (κ3) is 6.52. The number of hydroxylamine groups is 2. The van der Waals surface area contributed by atoms with E-state index in [9.17, 15) is 22.6 Å². The zero-order valence-electron chi connectivity index (χ0n) is 17.3. The van der Waals surface area contributed by atoms with Gasteiger partial charge in [-0.25, -0.2) is 18.0 Å². The van der Waals surface area contributed by atoms with Gasteiger partial charge in [-0.15, -0.1) is 5.10 Å². The van der Waals surface area contributed by atoms with Crippen molar-refractivity contribution in [2.75, 3.05) is 6.54 Å². The SMILES string of the molecule is CC(C)(C)OC(=O)NCc1cn(C[C@@H]2CC[C@@H]3CN2C(=O)N3OS(=O)(=O)[O-])nn1.[Na+]. The minimum atomic E-state index is -5.02. The van der Waals surface area contributed by atoms with Crippen LogP contribution in [0.2, 0.25) is 0 Å². The van der Waals surface area contributed by atoms with Gasteiger partial charge in [0.2, 0.25) is 10.4 Å². The maximum absolute atomic E-state index is 12.4. The molecule has 0 aliphatic carbocycles. The van der Waals surface area contributed by atoms with Gasteiger partial charge in [0.05, 0.1) is 31.4 Å². The molecule has 0 unspecified atom stereocenters. The van der Waals surface area contributed by atoms with E-state index in [1.54, 1.807) is 27.0 Å². The molecule has 0 aromatic carbocycles. The summed E-state index contributed by atoms with van der Waals surface area (Å²) in [5.74, 6) is 0. The van der Waals surface area contributed by atoms with E-state index in [1.807, 2.05) is 0 Å². The predicted molar refractivity (Wildman–Crippen MR) is 94.6 cm³/mol. The smallest absolute Gasteiger partial charge is 0.724 e. The Kier molecular flexibility index (Phi) is 7.74. The number of aromatic nitrogens is 3. The minimum Gasteiger partial charge on any atom is -0.724 e. The molecule has 1 aromatic rings. The van der Waals surface area contributed by atoms with Crippen molar-refractivity contribution in [3.05, 3.63) is 11.9 Å². The number of urea groups is 1. The van der Waals surface area contributed by atoms with Crippen molar-refractivity contribution in [1.82, 2.24) is 30.3 Å². The molecule has 0 saturated carbocycles. The van der Waals surface area contributed by atoms with E-state index in [2.05, 4.69) is 19.9 Å². The van der Waals surface area contributed by atoms with Gasteiger partial charge in [-0.1, -0.05) is 5.21 Å². The Hall–Kier alpha value is -1.45. The van der Waals surface area contributed by atoms with E-state index in [4.69, 9.17) is 4.74 Å². The first-order valence-corrected chi connectivity index (χ1v) is 10.4. The molecule has 0 radical (unpaired) electrons. The Labute approximate surface area is 196 Å². The molecule has 13 nitrogen and oxygen atoms in total. The average molecular weight is 454 g/mol. The van der Waals surface area contributed by atoms with Crippen LogP contribution in [0.1, 0.15) is 39.3 Å². The number of nitrogens with one attached hydrogen (secondary N) is 1. The van der Waals surface area contributed by atoms with Gasteiger partial charge in [0.1, 0.15) is 11.3 Å². The van der Waals surface area contributed by atoms with Crippen molar-refractivity contribution in [3.63, 3.8) is 0 Å². The van der Waals surface area contributed by atoms with Crippen LogP contribution >= 0.6 is 0 Å². The van der Waals surface area contributed by atoms with E-state index in [0.29, 0.717) is 30.1 Å². The number of hydrogen-bond acceptors (Lipinski definition) is 9. The fraction of sp³-hybridized carbons (Fsp3) is 0.733. The number of alkyl carbamates (subject to hydrolysis) is 1. The van der Waals surface area contributed by atoms with Gasteiger partial charge >= 0.3 is 41.7 Å². The van der Waals surface area contributed by atoms with Gasteiger partial charge in [0.25, 0.3) is 0 Å². The standard InChI is InChI=1S/C15H24N6O7S.Na/c1-15(2,3)27-13(22)16-6-10-7-19(18-17-10)8-11-4-5-12-9-20(11)14(23)21(12)28-29(24,25)26;/h7,11-12H,4-6,8-9H2,1-3H3,(H,16,22)(H,24,25,26);/q;+1/p-1/t11-,12+;/m0./s1. The van der Waals surface area contributed by atoms with E-state index in [-0.39, 0.29) is 48.7 Å². The summed E-state index contributed by atoms with van der Waals surface area (Å²) in [5.41, 5.74) is -0.0917. The topological polar surface area (TPSA) is 159 Å². The molecule has 2 atom stereocenters. The minimum absolute atomic E-state index is 0. The summed E-state index contributed by atoms with van der Waals surface area (Å²) in [6, 6.07) is -1.40. The van der Waals surface area contributed by atoms with Gasteiger partial charge < -0.3 is 19.5 Å². The summed E-state index contributed by atoms with van der Waals surface area (Å²) < 4.78 is 43.5. The molecule has 1 N–H and O–H groups in total. The number of carbonyl (C=O) groups excluding carboxylic acids is 2. The predicted octanol–water partition coefficient (Wildman–Crippen LogP) is -3.03. The maximum Gasteiger partial charge on any atom is 1.00 e. The van der Waals surface area contributed by atoms with Gasteiger partial charge in [-0.2, -0.15) is 9.35 Å². The fourth-order valence-corrected chi connectivity index (χ4v) is 3.68. The second kappa shape index (κ2) is 9.36. The van der Waals surface area contributed by atoms with Crippen molar-refractivity contribution in [3.8, 4) is 0 Å². The summed E-state index contributed by atoms with van der Waals surface area (Å²) >= 11 is 0. The van der Waals surface area contributed by atoms with Crippen molar-refractivity contribution >= 4 is 22.5 Å². The number of fused-ring (bicyclic) bond motifs is 2. The third-order valence-corrected chi connectivity index (χ3v) is 4.76. The van der Waals surface area contributed by atoms with Crippen LogP contribution in [-0.2, 0) is 32.5 Å². The maximum atomic E-state index is 12.4. The summed E-state index contributed by atoms with van der Waals surface area (Å²) in [4.78, 5) is 25.5. The largest absolute Gasteiger partial charge is 1.00 e. The molecular formula is C15H23N6NaO7S. The Morgan fingerprint density at radius 1 is 1.37 bits per heavy atom. The number of piperidine rings is 1. The normalized spacial score (nSPS) is 21.4. The third-order valence-electron chi connectivity index (χ3n) is 4.42. The van der Waals surface area contributed by atoms with Crippen LogP contribution in [0.5, 0.6) is 0 Å². The number of amides is 3. The van der Waals surface area contributed by atoms with E-state index < -0.39 is 34.2 Å². The molecule has 30 heavy (non-hydrogen) atoms. The van der Waals surface area contributed by atoms with E-state index in [0.717, 1.165) is 0 Å². The van der Waals surface area contributed by atoms with Crippen LogP contribution in [0.4, 0.5) is 9.59 Å². The molecule has 3 rings (SSSR count). The van der Waals surface area contributed by atoms with E-state index in [1.165, 1.54) is 9.58 Å². The van der Waals surface area contributed by atoms with Crippen LogP contribution in [0.25, 0.3) is 0 Å². The van der Waals surface area contributed by atoms with Gasteiger partial charge in [-0.05, 0) is 33.6 Å². The molecule has 1 aromatic heterocycles. The second-order valence-electron chi connectivity index (χ2n) is 7.92. The second-order valence-corrected chi connectivity index (χ2v) is 8.88. The Bertz CT molecular complexity index is 886. The molecule has 2 aliphatic rings. The van der Waals surface area contributed by atoms with Crippen LogP contribution in [-0.4, -0.2) is 74.3 Å². The molecular weight excluding hydrogens is 431 g/mol. The molecule has 3 amide bonds. The Morgan fingerprint density at radius 2 is 2.07 bits per heavy atom. The average Bonchev–Trinajstić information content (AvgIpc) is 3.11. The quantitative estimate of drug-likeness (QED) is 0.268. The number of hydrogen-bond donors (Lipinski definition) is 1. The first-order valence-electron chi connectivity index (χ1n) is 9.02. The zero-order chi connectivity index (χ0) is 21.4. The van der Waals surface area contributed by atoms with Crippen LogP contribution in [0.15, 0.2) is 6.20 Å². The van der Waals surface area contributed by atoms with Crippen molar-refractivity contribution < 1.29 is 61.1 Å². The molecule has 2 saturated heterocycles.